The van der Waals surface area contributed by atoms with Gasteiger partial charge < -0.3 is 4.74 Å². The van der Waals surface area contributed by atoms with Gasteiger partial charge in [-0.25, -0.2) is 0 Å². The second-order valence-corrected chi connectivity index (χ2v) is 8.40. The molecule has 4 aliphatic rings. The van der Waals surface area contributed by atoms with Crippen molar-refractivity contribution >= 4 is 16.1 Å². The van der Waals surface area contributed by atoms with Crippen molar-refractivity contribution in [3.05, 3.63) is 81.2 Å². The molecular formula is C20H18O5S. The minimum atomic E-state index is -4.28. The fourth-order valence-corrected chi connectivity index (χ4v) is 5.02. The molecule has 6 heteroatoms. The first-order valence-corrected chi connectivity index (χ1v) is 9.79. The first kappa shape index (κ1) is 17.0. The van der Waals surface area contributed by atoms with E-state index in [4.69, 9.17) is 4.74 Å². The molecule has 134 valence electrons. The summed E-state index contributed by atoms with van der Waals surface area (Å²) >= 11 is 0. The molecule has 0 aromatic heterocycles. The smallest absolute Gasteiger partial charge is 0.308 e. The zero-order chi connectivity index (χ0) is 18.8. The molecule has 0 aromatic rings. The Kier molecular flexibility index (Phi) is 3.61. The SMILES string of the molecule is CC(=O)OC1=C2C=CC3=C4C(=CC=C(C(C)=C1)C24)C(C)=CC3S(=O)(=O)O. The van der Waals surface area contributed by atoms with Crippen LogP contribution in [-0.2, 0) is 19.6 Å². The summed E-state index contributed by atoms with van der Waals surface area (Å²) in [4.78, 5) is 11.5. The van der Waals surface area contributed by atoms with Gasteiger partial charge in [0.05, 0.1) is 0 Å². The van der Waals surface area contributed by atoms with Crippen molar-refractivity contribution in [2.45, 2.75) is 26.0 Å². The van der Waals surface area contributed by atoms with Gasteiger partial charge in [-0.1, -0.05) is 30.4 Å². The van der Waals surface area contributed by atoms with Crippen LogP contribution in [0.5, 0.6) is 0 Å². The minimum absolute atomic E-state index is 0.206. The summed E-state index contributed by atoms with van der Waals surface area (Å²) in [6.45, 7) is 5.13. The van der Waals surface area contributed by atoms with Gasteiger partial charge in [0.2, 0.25) is 0 Å². The van der Waals surface area contributed by atoms with E-state index in [9.17, 15) is 17.8 Å². The number of hydrogen-bond acceptors (Lipinski definition) is 4. The van der Waals surface area contributed by atoms with Gasteiger partial charge in [0, 0.05) is 18.4 Å². The standard InChI is InChI=1S/C20H18O5S/c1-10-8-17(25-12(3)21)15-6-7-16-18(26(22,23)24)9-11(2)14-5-4-13(10)19(15)20(14)16/h4-9,18-19H,1-3H3,(H,22,23,24). The Bertz CT molecular complexity index is 1070. The van der Waals surface area contributed by atoms with Crippen LogP contribution < -0.4 is 0 Å². The van der Waals surface area contributed by atoms with Crippen LogP contribution in [0.4, 0.5) is 0 Å². The maximum absolute atomic E-state index is 11.9. The molecule has 0 heterocycles. The Morgan fingerprint density at radius 2 is 1.81 bits per heavy atom. The maximum atomic E-state index is 11.9. The molecule has 2 unspecified atom stereocenters. The molecule has 0 radical (unpaired) electrons. The molecule has 0 amide bonds. The third-order valence-corrected chi connectivity index (χ3v) is 6.21. The molecule has 2 atom stereocenters. The molecule has 4 rings (SSSR count). The Hall–Kier alpha value is -2.44. The lowest BCUT2D eigenvalue weighted by Crippen LogP contribution is -2.32. The molecule has 0 bridgehead atoms. The first-order chi connectivity index (χ1) is 12.2. The molecule has 0 aromatic carbocycles. The van der Waals surface area contributed by atoms with Crippen molar-refractivity contribution in [1.29, 1.82) is 0 Å². The van der Waals surface area contributed by atoms with Crippen molar-refractivity contribution in [3.63, 3.8) is 0 Å². The highest BCUT2D eigenvalue weighted by atomic mass is 32.2. The third kappa shape index (κ3) is 2.40. The highest BCUT2D eigenvalue weighted by molar-refractivity contribution is 7.86. The van der Waals surface area contributed by atoms with Crippen molar-refractivity contribution < 1.29 is 22.5 Å². The van der Waals surface area contributed by atoms with E-state index in [1.807, 2.05) is 32.1 Å². The van der Waals surface area contributed by atoms with E-state index < -0.39 is 21.3 Å². The summed E-state index contributed by atoms with van der Waals surface area (Å²) in [7, 11) is -4.28. The fourth-order valence-electron chi connectivity index (χ4n) is 4.12. The van der Waals surface area contributed by atoms with Crippen molar-refractivity contribution in [3.8, 4) is 0 Å². The topological polar surface area (TPSA) is 80.7 Å². The van der Waals surface area contributed by atoms with E-state index in [0.717, 1.165) is 33.4 Å². The van der Waals surface area contributed by atoms with Crippen LogP contribution in [0.1, 0.15) is 20.8 Å². The number of allylic oxidation sites excluding steroid dienone is 11. The van der Waals surface area contributed by atoms with E-state index in [0.29, 0.717) is 11.3 Å². The molecule has 0 aliphatic heterocycles. The van der Waals surface area contributed by atoms with Gasteiger partial charge in [-0.05, 0) is 53.4 Å². The minimum Gasteiger partial charge on any atom is -0.426 e. The molecule has 5 nitrogen and oxygen atoms in total. The van der Waals surface area contributed by atoms with Crippen LogP contribution in [0.25, 0.3) is 0 Å². The van der Waals surface area contributed by atoms with Crippen LogP contribution in [0.15, 0.2) is 81.2 Å². The summed E-state index contributed by atoms with van der Waals surface area (Å²) in [6, 6.07) is 0. The predicted molar refractivity (Wildman–Crippen MR) is 97.5 cm³/mol. The zero-order valence-corrected chi connectivity index (χ0v) is 15.4. The average Bonchev–Trinajstić information content (AvgIpc) is 2.54. The molecule has 0 saturated carbocycles. The first-order valence-electron chi connectivity index (χ1n) is 8.29. The molecular weight excluding hydrogens is 352 g/mol. The lowest BCUT2D eigenvalue weighted by atomic mass is 9.66. The Morgan fingerprint density at radius 3 is 2.46 bits per heavy atom. The Balaban J connectivity index is 1.99. The second kappa shape index (κ2) is 5.53. The summed E-state index contributed by atoms with van der Waals surface area (Å²) in [6.07, 6.45) is 10.9. The van der Waals surface area contributed by atoms with Gasteiger partial charge >= 0.3 is 5.97 Å². The quantitative estimate of drug-likeness (QED) is 0.596. The maximum Gasteiger partial charge on any atom is 0.308 e. The van der Waals surface area contributed by atoms with Gasteiger partial charge in [0.25, 0.3) is 10.1 Å². The summed E-state index contributed by atoms with van der Waals surface area (Å²) < 4.78 is 39.0. The van der Waals surface area contributed by atoms with Crippen molar-refractivity contribution in [2.24, 2.45) is 5.92 Å². The van der Waals surface area contributed by atoms with Crippen LogP contribution in [0, 0.1) is 5.92 Å². The van der Waals surface area contributed by atoms with Gasteiger partial charge in [-0.15, -0.1) is 0 Å². The monoisotopic (exact) mass is 370 g/mol. The predicted octanol–water partition coefficient (Wildman–Crippen LogP) is 3.33. The summed E-state index contributed by atoms with van der Waals surface area (Å²) in [5.74, 6) is -0.127. The largest absolute Gasteiger partial charge is 0.426 e. The third-order valence-electron chi connectivity index (χ3n) is 5.18. The summed E-state index contributed by atoms with van der Waals surface area (Å²) in [5.41, 5.74) is 6.01. The van der Waals surface area contributed by atoms with Gasteiger partial charge in [0.1, 0.15) is 11.0 Å². The number of rotatable bonds is 2. The van der Waals surface area contributed by atoms with E-state index in [2.05, 4.69) is 0 Å². The van der Waals surface area contributed by atoms with E-state index >= 15 is 0 Å². The van der Waals surface area contributed by atoms with E-state index in [1.165, 1.54) is 6.92 Å². The Morgan fingerprint density at radius 1 is 1.12 bits per heavy atom. The van der Waals surface area contributed by atoms with Gasteiger partial charge in [-0.3, -0.25) is 9.35 Å². The van der Waals surface area contributed by atoms with Crippen LogP contribution in [0.2, 0.25) is 0 Å². The average molecular weight is 370 g/mol. The lowest BCUT2D eigenvalue weighted by molar-refractivity contribution is -0.136. The number of carbonyl (C=O) groups excluding carboxylic acids is 1. The van der Waals surface area contributed by atoms with Crippen LogP contribution in [-0.4, -0.2) is 24.2 Å². The fraction of sp³-hybridized carbons (Fsp3) is 0.250. The number of hydrogen-bond donors (Lipinski definition) is 1. The molecule has 0 spiro atoms. The number of esters is 1. The highest BCUT2D eigenvalue weighted by Gasteiger charge is 2.42. The molecule has 0 fully saturated rings. The molecule has 1 N–H and O–H groups in total. The normalized spacial score (nSPS) is 26.6. The molecule has 26 heavy (non-hydrogen) atoms. The highest BCUT2D eigenvalue weighted by Crippen LogP contribution is 2.51. The van der Waals surface area contributed by atoms with E-state index in [-0.39, 0.29) is 5.92 Å². The van der Waals surface area contributed by atoms with Crippen LogP contribution in [0.3, 0.4) is 0 Å². The lowest BCUT2D eigenvalue weighted by Gasteiger charge is -2.40. The van der Waals surface area contributed by atoms with Crippen molar-refractivity contribution in [2.75, 3.05) is 0 Å². The summed E-state index contributed by atoms with van der Waals surface area (Å²) in [5, 5.41) is -1.09. The molecule has 0 saturated heterocycles. The van der Waals surface area contributed by atoms with E-state index in [1.54, 1.807) is 18.2 Å². The van der Waals surface area contributed by atoms with Gasteiger partial charge in [0.15, 0.2) is 0 Å². The number of ether oxygens (including phenoxy) is 1. The number of carbonyl (C=O) groups is 1. The van der Waals surface area contributed by atoms with Gasteiger partial charge in [-0.2, -0.15) is 8.42 Å². The second-order valence-electron chi connectivity index (χ2n) is 6.86. The van der Waals surface area contributed by atoms with Crippen LogP contribution >= 0.6 is 0 Å². The van der Waals surface area contributed by atoms with Crippen molar-refractivity contribution in [1.82, 2.24) is 0 Å². The Labute approximate surface area is 152 Å². The molecule has 4 aliphatic carbocycles. The zero-order valence-electron chi connectivity index (χ0n) is 14.6.